The fourth-order valence-corrected chi connectivity index (χ4v) is 2.32. The van der Waals surface area contributed by atoms with Gasteiger partial charge in [-0.1, -0.05) is 0 Å². The van der Waals surface area contributed by atoms with Gasteiger partial charge in [0.25, 0.3) is 5.91 Å². The zero-order valence-electron chi connectivity index (χ0n) is 12.3. The first-order valence-electron chi connectivity index (χ1n) is 7.36. The number of hydrogen-bond donors (Lipinski definition) is 1. The van der Waals surface area contributed by atoms with Gasteiger partial charge in [-0.25, -0.2) is 9.37 Å². The summed E-state index contributed by atoms with van der Waals surface area (Å²) in [7, 11) is 0. The standard InChI is InChI=1S/C17H17FN2O2/c1-2-22-15-8-13(7-14(18)10-15)17(21)20-16-9-12(5-6-19-16)11-3-4-11/h5-11H,2-4H2,1H3,(H,19,20,21). The normalized spacial score (nSPS) is 13.7. The molecule has 1 N–H and O–H groups in total. The highest BCUT2D eigenvalue weighted by molar-refractivity contribution is 6.04. The van der Waals surface area contributed by atoms with Gasteiger partial charge in [0.2, 0.25) is 0 Å². The van der Waals surface area contributed by atoms with Crippen LogP contribution < -0.4 is 10.1 Å². The Morgan fingerprint density at radius 2 is 2.18 bits per heavy atom. The fraction of sp³-hybridized carbons (Fsp3) is 0.294. The topological polar surface area (TPSA) is 51.2 Å². The molecule has 1 aromatic carbocycles. The van der Waals surface area contributed by atoms with Gasteiger partial charge in [-0.3, -0.25) is 4.79 Å². The largest absolute Gasteiger partial charge is 0.494 e. The molecule has 1 heterocycles. The Morgan fingerprint density at radius 1 is 1.36 bits per heavy atom. The van der Waals surface area contributed by atoms with Crippen LogP contribution in [0.25, 0.3) is 0 Å². The number of carbonyl (C=O) groups is 1. The highest BCUT2D eigenvalue weighted by atomic mass is 19.1. The lowest BCUT2D eigenvalue weighted by atomic mass is 10.1. The molecule has 2 aromatic rings. The molecule has 1 aromatic heterocycles. The zero-order chi connectivity index (χ0) is 15.5. The average Bonchev–Trinajstić information content (AvgIpc) is 3.32. The second-order valence-electron chi connectivity index (χ2n) is 5.31. The molecule has 3 rings (SSSR count). The van der Waals surface area contributed by atoms with E-state index in [9.17, 15) is 9.18 Å². The fourth-order valence-electron chi connectivity index (χ4n) is 2.32. The van der Waals surface area contributed by atoms with E-state index in [1.807, 2.05) is 12.1 Å². The predicted octanol–water partition coefficient (Wildman–Crippen LogP) is 3.75. The maximum absolute atomic E-state index is 13.6. The van der Waals surface area contributed by atoms with Crippen molar-refractivity contribution in [2.75, 3.05) is 11.9 Å². The van der Waals surface area contributed by atoms with Crippen LogP contribution in [0.1, 0.15) is 41.6 Å². The third-order valence-electron chi connectivity index (χ3n) is 3.52. The molecule has 0 bridgehead atoms. The van der Waals surface area contributed by atoms with E-state index in [2.05, 4.69) is 10.3 Å². The lowest BCUT2D eigenvalue weighted by molar-refractivity contribution is 0.102. The van der Waals surface area contributed by atoms with Crippen molar-refractivity contribution in [3.05, 3.63) is 53.5 Å². The summed E-state index contributed by atoms with van der Waals surface area (Å²) >= 11 is 0. The molecule has 1 amide bonds. The van der Waals surface area contributed by atoms with Crippen molar-refractivity contribution in [1.29, 1.82) is 0 Å². The van der Waals surface area contributed by atoms with Crippen LogP contribution in [0.4, 0.5) is 10.2 Å². The molecule has 5 heteroatoms. The number of aromatic nitrogens is 1. The molecule has 1 saturated carbocycles. The Kier molecular flexibility index (Phi) is 4.04. The van der Waals surface area contributed by atoms with Gasteiger partial charge in [0.15, 0.2) is 0 Å². The molecule has 0 radical (unpaired) electrons. The van der Waals surface area contributed by atoms with Gasteiger partial charge in [0.05, 0.1) is 6.61 Å². The number of ether oxygens (including phenoxy) is 1. The number of nitrogens with zero attached hydrogens (tertiary/aromatic N) is 1. The molecule has 1 fully saturated rings. The SMILES string of the molecule is CCOc1cc(F)cc(C(=O)Nc2cc(C3CC3)ccn2)c1. The number of nitrogens with one attached hydrogen (secondary N) is 1. The molecule has 4 nitrogen and oxygen atoms in total. The summed E-state index contributed by atoms with van der Waals surface area (Å²) in [5.74, 6) is 0.498. The Bertz CT molecular complexity index is 699. The quantitative estimate of drug-likeness (QED) is 0.915. The summed E-state index contributed by atoms with van der Waals surface area (Å²) in [6, 6.07) is 7.79. The maximum atomic E-state index is 13.6. The van der Waals surface area contributed by atoms with Crippen LogP contribution in [-0.2, 0) is 0 Å². The second kappa shape index (κ2) is 6.13. The van der Waals surface area contributed by atoms with Crippen molar-refractivity contribution < 1.29 is 13.9 Å². The number of amides is 1. The van der Waals surface area contributed by atoms with Gasteiger partial charge in [-0.2, -0.15) is 0 Å². The first kappa shape index (κ1) is 14.5. The molecule has 0 aliphatic heterocycles. The number of pyridine rings is 1. The maximum Gasteiger partial charge on any atom is 0.257 e. The van der Waals surface area contributed by atoms with Gasteiger partial charge in [-0.15, -0.1) is 0 Å². The molecule has 0 atom stereocenters. The number of halogens is 1. The lowest BCUT2D eigenvalue weighted by Gasteiger charge is -2.08. The van der Waals surface area contributed by atoms with E-state index < -0.39 is 11.7 Å². The monoisotopic (exact) mass is 300 g/mol. The predicted molar refractivity (Wildman–Crippen MR) is 81.7 cm³/mol. The van der Waals surface area contributed by atoms with E-state index in [1.165, 1.54) is 36.6 Å². The van der Waals surface area contributed by atoms with Crippen LogP contribution in [-0.4, -0.2) is 17.5 Å². The van der Waals surface area contributed by atoms with Crippen molar-refractivity contribution in [1.82, 2.24) is 4.98 Å². The summed E-state index contributed by atoms with van der Waals surface area (Å²) in [6.07, 6.45) is 4.04. The highest BCUT2D eigenvalue weighted by Gasteiger charge is 2.23. The molecule has 114 valence electrons. The van der Waals surface area contributed by atoms with Gasteiger partial charge >= 0.3 is 0 Å². The molecule has 0 unspecified atom stereocenters. The van der Waals surface area contributed by atoms with E-state index in [-0.39, 0.29) is 5.56 Å². The van der Waals surface area contributed by atoms with E-state index in [1.54, 1.807) is 13.1 Å². The minimum Gasteiger partial charge on any atom is -0.494 e. The van der Waals surface area contributed by atoms with E-state index >= 15 is 0 Å². The summed E-state index contributed by atoms with van der Waals surface area (Å²) in [5.41, 5.74) is 1.39. The Morgan fingerprint density at radius 3 is 2.91 bits per heavy atom. The molecule has 1 aliphatic carbocycles. The van der Waals surface area contributed by atoms with Crippen molar-refractivity contribution in [2.45, 2.75) is 25.7 Å². The Balaban J connectivity index is 1.77. The first-order chi connectivity index (χ1) is 10.7. The molecule has 0 saturated heterocycles. The summed E-state index contributed by atoms with van der Waals surface area (Å²) in [5, 5.41) is 2.71. The van der Waals surface area contributed by atoms with Crippen LogP contribution in [0, 0.1) is 5.82 Å². The number of benzene rings is 1. The van der Waals surface area contributed by atoms with Crippen LogP contribution in [0.2, 0.25) is 0 Å². The minimum atomic E-state index is -0.504. The molecule has 22 heavy (non-hydrogen) atoms. The van der Waals surface area contributed by atoms with Gasteiger partial charge < -0.3 is 10.1 Å². The van der Waals surface area contributed by atoms with Gasteiger partial charge in [0.1, 0.15) is 17.4 Å². The zero-order valence-corrected chi connectivity index (χ0v) is 12.3. The third-order valence-corrected chi connectivity index (χ3v) is 3.52. The van der Waals surface area contributed by atoms with Crippen molar-refractivity contribution in [2.24, 2.45) is 0 Å². The van der Waals surface area contributed by atoms with Crippen LogP contribution >= 0.6 is 0 Å². The van der Waals surface area contributed by atoms with E-state index in [0.29, 0.717) is 24.1 Å². The van der Waals surface area contributed by atoms with Crippen molar-refractivity contribution in [3.8, 4) is 5.75 Å². The van der Waals surface area contributed by atoms with Crippen LogP contribution in [0.3, 0.4) is 0 Å². The highest BCUT2D eigenvalue weighted by Crippen LogP contribution is 2.40. The molecule has 1 aliphatic rings. The molecular weight excluding hydrogens is 283 g/mol. The van der Waals surface area contributed by atoms with Gasteiger partial charge in [0, 0.05) is 17.8 Å². The average molecular weight is 300 g/mol. The smallest absolute Gasteiger partial charge is 0.257 e. The summed E-state index contributed by atoms with van der Waals surface area (Å²) < 4.78 is 18.8. The minimum absolute atomic E-state index is 0.210. The number of carbonyl (C=O) groups excluding carboxylic acids is 1. The van der Waals surface area contributed by atoms with Crippen molar-refractivity contribution >= 4 is 11.7 Å². The van der Waals surface area contributed by atoms with Crippen LogP contribution in [0.5, 0.6) is 5.75 Å². The summed E-state index contributed by atoms with van der Waals surface area (Å²) in [4.78, 5) is 16.4. The lowest BCUT2D eigenvalue weighted by Crippen LogP contribution is -2.13. The third kappa shape index (κ3) is 3.42. The van der Waals surface area contributed by atoms with Crippen molar-refractivity contribution in [3.63, 3.8) is 0 Å². The van der Waals surface area contributed by atoms with E-state index in [4.69, 9.17) is 4.74 Å². The van der Waals surface area contributed by atoms with Gasteiger partial charge in [-0.05, 0) is 55.5 Å². The van der Waals surface area contributed by atoms with Crippen LogP contribution in [0.15, 0.2) is 36.5 Å². The molecular formula is C17H17FN2O2. The molecule has 0 spiro atoms. The Labute approximate surface area is 128 Å². The van der Waals surface area contributed by atoms with E-state index in [0.717, 1.165) is 0 Å². The summed E-state index contributed by atoms with van der Waals surface area (Å²) in [6.45, 7) is 2.22. The second-order valence-corrected chi connectivity index (χ2v) is 5.31. The first-order valence-corrected chi connectivity index (χ1v) is 7.36. The number of rotatable bonds is 5. The number of anilines is 1. The Hall–Kier alpha value is -2.43. The number of hydrogen-bond acceptors (Lipinski definition) is 3.